The molecule has 3 heterocycles. The number of hydrogen-bond donors (Lipinski definition) is 4. The average Bonchev–Trinajstić information content (AvgIpc) is 3.40. The minimum Gasteiger partial charge on any atom is -0.462 e. The van der Waals surface area contributed by atoms with E-state index in [2.05, 4.69) is 20.9 Å². The Balaban J connectivity index is 1.29. The van der Waals surface area contributed by atoms with Crippen LogP contribution in [-0.4, -0.2) is 53.0 Å². The monoisotopic (exact) mass is 412 g/mol. The van der Waals surface area contributed by atoms with Crippen LogP contribution in [0.4, 0.5) is 5.69 Å². The Kier molecular flexibility index (Phi) is 6.47. The van der Waals surface area contributed by atoms with Crippen molar-refractivity contribution in [1.82, 2.24) is 15.5 Å². The van der Waals surface area contributed by atoms with Crippen LogP contribution in [0.1, 0.15) is 30.8 Å². The van der Waals surface area contributed by atoms with Gasteiger partial charge in [0.2, 0.25) is 11.8 Å². The van der Waals surface area contributed by atoms with Crippen LogP contribution >= 0.6 is 0 Å². The molecule has 2 amide bonds. The second-order valence-electron chi connectivity index (χ2n) is 7.90. The van der Waals surface area contributed by atoms with Gasteiger partial charge in [-0.25, -0.2) is 0 Å². The molecule has 8 nitrogen and oxygen atoms in total. The fraction of sp³-hybridized carbons (Fsp3) is 0.455. The highest BCUT2D eigenvalue weighted by atomic mass is 16.4. The van der Waals surface area contributed by atoms with Crippen molar-refractivity contribution in [2.45, 2.75) is 50.5 Å². The SMILES string of the molecule is O=C(CC[C@H]1CNC(=O)[C@H]2C[C@H](NCc3ccc(CO)o3)CN12)Nc1ccccc1. The Morgan fingerprint density at radius 1 is 1.20 bits per heavy atom. The van der Waals surface area contributed by atoms with E-state index >= 15 is 0 Å². The van der Waals surface area contributed by atoms with Crippen LogP contribution in [0.5, 0.6) is 0 Å². The molecule has 2 fully saturated rings. The molecule has 160 valence electrons. The lowest BCUT2D eigenvalue weighted by atomic mass is 10.0. The molecule has 4 rings (SSSR count). The van der Waals surface area contributed by atoms with Gasteiger partial charge in [-0.1, -0.05) is 18.2 Å². The van der Waals surface area contributed by atoms with Crippen molar-refractivity contribution in [3.8, 4) is 0 Å². The van der Waals surface area contributed by atoms with Gasteiger partial charge in [-0.15, -0.1) is 0 Å². The van der Waals surface area contributed by atoms with E-state index in [1.807, 2.05) is 36.4 Å². The van der Waals surface area contributed by atoms with Crippen LogP contribution in [0.2, 0.25) is 0 Å². The van der Waals surface area contributed by atoms with E-state index in [0.29, 0.717) is 31.7 Å². The van der Waals surface area contributed by atoms with Crippen molar-refractivity contribution in [3.05, 3.63) is 54.0 Å². The number of carbonyl (C=O) groups excluding carboxylic acids is 2. The van der Waals surface area contributed by atoms with E-state index < -0.39 is 0 Å². The first-order chi connectivity index (χ1) is 14.6. The lowest BCUT2D eigenvalue weighted by molar-refractivity contribution is -0.129. The zero-order valence-corrected chi connectivity index (χ0v) is 16.8. The van der Waals surface area contributed by atoms with Gasteiger partial charge in [0.05, 0.1) is 12.6 Å². The van der Waals surface area contributed by atoms with Crippen molar-refractivity contribution in [2.75, 3.05) is 18.4 Å². The number of carbonyl (C=O) groups is 2. The number of nitrogens with zero attached hydrogens (tertiary/aromatic N) is 1. The van der Waals surface area contributed by atoms with Crippen molar-refractivity contribution in [2.24, 2.45) is 0 Å². The molecular weight excluding hydrogens is 384 g/mol. The summed E-state index contributed by atoms with van der Waals surface area (Å²) >= 11 is 0. The molecule has 1 aromatic carbocycles. The van der Waals surface area contributed by atoms with Crippen molar-refractivity contribution in [3.63, 3.8) is 0 Å². The minimum atomic E-state index is -0.164. The van der Waals surface area contributed by atoms with E-state index in [1.165, 1.54) is 0 Å². The van der Waals surface area contributed by atoms with Crippen LogP contribution in [0.25, 0.3) is 0 Å². The minimum absolute atomic E-state index is 0.0129. The van der Waals surface area contributed by atoms with E-state index in [0.717, 1.165) is 24.4 Å². The summed E-state index contributed by atoms with van der Waals surface area (Å²) in [7, 11) is 0. The summed E-state index contributed by atoms with van der Waals surface area (Å²) in [6.45, 7) is 1.77. The molecule has 30 heavy (non-hydrogen) atoms. The fourth-order valence-electron chi connectivity index (χ4n) is 4.28. The first-order valence-electron chi connectivity index (χ1n) is 10.4. The van der Waals surface area contributed by atoms with Gasteiger partial charge in [0.25, 0.3) is 0 Å². The molecule has 2 aliphatic heterocycles. The van der Waals surface area contributed by atoms with E-state index in [1.54, 1.807) is 6.07 Å². The highest BCUT2D eigenvalue weighted by Crippen LogP contribution is 2.26. The molecule has 1 aromatic heterocycles. The maximum absolute atomic E-state index is 12.4. The molecule has 0 aliphatic carbocycles. The third kappa shape index (κ3) is 4.89. The van der Waals surface area contributed by atoms with Crippen LogP contribution < -0.4 is 16.0 Å². The maximum atomic E-state index is 12.4. The molecule has 8 heteroatoms. The lowest BCUT2D eigenvalue weighted by Crippen LogP contribution is -2.57. The quantitative estimate of drug-likeness (QED) is 0.520. The number of aliphatic hydroxyl groups is 1. The lowest BCUT2D eigenvalue weighted by Gasteiger charge is -2.37. The summed E-state index contributed by atoms with van der Waals surface area (Å²) in [4.78, 5) is 26.9. The van der Waals surface area contributed by atoms with Crippen LogP contribution in [0, 0.1) is 0 Å². The highest BCUT2D eigenvalue weighted by molar-refractivity contribution is 5.90. The summed E-state index contributed by atoms with van der Waals surface area (Å²) in [5.74, 6) is 1.36. The Bertz CT molecular complexity index is 869. The van der Waals surface area contributed by atoms with Crippen molar-refractivity contribution in [1.29, 1.82) is 0 Å². The summed E-state index contributed by atoms with van der Waals surface area (Å²) < 4.78 is 5.52. The summed E-state index contributed by atoms with van der Waals surface area (Å²) in [5.41, 5.74) is 0.796. The number of aliphatic hydroxyl groups excluding tert-OH is 1. The predicted molar refractivity (Wildman–Crippen MR) is 111 cm³/mol. The van der Waals surface area contributed by atoms with Gasteiger partial charge in [-0.2, -0.15) is 0 Å². The first kappa shape index (κ1) is 20.6. The maximum Gasteiger partial charge on any atom is 0.237 e. The third-order valence-electron chi connectivity index (χ3n) is 5.82. The largest absolute Gasteiger partial charge is 0.462 e. The topological polar surface area (TPSA) is 107 Å². The van der Waals surface area contributed by atoms with Gasteiger partial charge in [-0.3, -0.25) is 14.5 Å². The van der Waals surface area contributed by atoms with Gasteiger partial charge >= 0.3 is 0 Å². The van der Waals surface area contributed by atoms with Crippen LogP contribution in [0.3, 0.4) is 0 Å². The first-order valence-corrected chi connectivity index (χ1v) is 10.4. The number of piperazine rings is 1. The predicted octanol–water partition coefficient (Wildman–Crippen LogP) is 1.22. The van der Waals surface area contributed by atoms with E-state index in [-0.39, 0.29) is 36.5 Å². The molecule has 2 aliphatic rings. The van der Waals surface area contributed by atoms with Crippen LogP contribution in [-0.2, 0) is 22.7 Å². The van der Waals surface area contributed by atoms with E-state index in [9.17, 15) is 9.59 Å². The molecule has 3 atom stereocenters. The zero-order valence-electron chi connectivity index (χ0n) is 16.8. The number of anilines is 1. The van der Waals surface area contributed by atoms with Gasteiger partial charge in [0.15, 0.2) is 0 Å². The van der Waals surface area contributed by atoms with Gasteiger partial charge in [0.1, 0.15) is 18.1 Å². The number of nitrogens with one attached hydrogen (secondary N) is 3. The zero-order chi connectivity index (χ0) is 20.9. The van der Waals surface area contributed by atoms with Crippen molar-refractivity contribution >= 4 is 17.5 Å². The summed E-state index contributed by atoms with van der Waals surface area (Å²) in [6, 6.07) is 13.2. The number of hydrogen-bond acceptors (Lipinski definition) is 6. The third-order valence-corrected chi connectivity index (χ3v) is 5.82. The van der Waals surface area contributed by atoms with Gasteiger partial charge < -0.3 is 25.5 Å². The number of para-hydroxylation sites is 1. The Morgan fingerprint density at radius 2 is 2.00 bits per heavy atom. The number of amides is 2. The summed E-state index contributed by atoms with van der Waals surface area (Å²) in [5, 5.41) is 18.5. The number of benzene rings is 1. The van der Waals surface area contributed by atoms with Gasteiger partial charge in [-0.05, 0) is 37.1 Å². The molecule has 2 aromatic rings. The molecule has 2 saturated heterocycles. The van der Waals surface area contributed by atoms with Crippen LogP contribution in [0.15, 0.2) is 46.9 Å². The molecule has 0 saturated carbocycles. The Labute approximate surface area is 175 Å². The number of furan rings is 1. The summed E-state index contributed by atoms with van der Waals surface area (Å²) in [6.07, 6.45) is 1.83. The Hall–Kier alpha value is -2.68. The highest BCUT2D eigenvalue weighted by Gasteiger charge is 2.43. The average molecular weight is 412 g/mol. The molecule has 4 N–H and O–H groups in total. The van der Waals surface area contributed by atoms with E-state index in [4.69, 9.17) is 9.52 Å². The number of rotatable bonds is 8. The molecule has 0 bridgehead atoms. The smallest absolute Gasteiger partial charge is 0.237 e. The second kappa shape index (κ2) is 9.42. The standard InChI is InChI=1S/C22H28N4O4/c27-14-19-8-7-18(30-19)12-23-16-10-20-22(29)24-11-17(26(20)13-16)6-9-21(28)25-15-4-2-1-3-5-15/h1-5,7-8,16-17,20,23,27H,6,9-14H2,(H,24,29)(H,25,28)/t16-,17-,20+/m0/s1. The molecule has 0 spiro atoms. The van der Waals surface area contributed by atoms with Gasteiger partial charge in [0, 0.05) is 37.3 Å². The second-order valence-corrected chi connectivity index (χ2v) is 7.90. The molecule has 0 unspecified atom stereocenters. The number of fused-ring (bicyclic) bond motifs is 1. The Morgan fingerprint density at radius 3 is 2.77 bits per heavy atom. The molecule has 0 radical (unpaired) electrons. The van der Waals surface area contributed by atoms with Crippen molar-refractivity contribution < 1.29 is 19.1 Å². The molecular formula is C22H28N4O4. The normalized spacial score (nSPS) is 23.8. The fourth-order valence-corrected chi connectivity index (χ4v) is 4.28.